The molecule has 0 radical (unpaired) electrons. The fourth-order valence-corrected chi connectivity index (χ4v) is 1.12. The predicted molar refractivity (Wildman–Crippen MR) is 51.0 cm³/mol. The Morgan fingerprint density at radius 3 is 2.54 bits per heavy atom. The van der Waals surface area contributed by atoms with E-state index < -0.39 is 0 Å². The Kier molecular flexibility index (Phi) is 2.56. The quantitative estimate of drug-likeness (QED) is 0.684. The second-order valence-electron chi connectivity index (χ2n) is 2.98. The van der Waals surface area contributed by atoms with Crippen molar-refractivity contribution in [3.63, 3.8) is 0 Å². The first kappa shape index (κ1) is 9.58. The molecule has 0 spiro atoms. The molecule has 0 heterocycles. The topological polar surface area (TPSA) is 49.3 Å². The Hall–Kier alpha value is -1.51. The van der Waals surface area contributed by atoms with Gasteiger partial charge < -0.3 is 10.4 Å². The van der Waals surface area contributed by atoms with Crippen molar-refractivity contribution in [1.29, 1.82) is 0 Å². The Labute approximate surface area is 77.4 Å². The van der Waals surface area contributed by atoms with Gasteiger partial charge >= 0.3 is 0 Å². The third-order valence-electron chi connectivity index (χ3n) is 2.17. The second-order valence-corrected chi connectivity index (χ2v) is 2.98. The number of aryl methyl sites for hydroxylation is 1. The molecular weight excluding hydrogens is 166 g/mol. The summed E-state index contributed by atoms with van der Waals surface area (Å²) in [5.41, 5.74) is 2.05. The van der Waals surface area contributed by atoms with Crippen molar-refractivity contribution in [3.05, 3.63) is 28.8 Å². The number of aromatic hydroxyl groups is 1. The average Bonchev–Trinajstić information content (AvgIpc) is 2.13. The third-order valence-corrected chi connectivity index (χ3v) is 2.17. The molecule has 1 rings (SSSR count). The lowest BCUT2D eigenvalue weighted by Gasteiger charge is -2.07. The van der Waals surface area contributed by atoms with Gasteiger partial charge in [0.05, 0.1) is 5.56 Å². The van der Waals surface area contributed by atoms with Crippen molar-refractivity contribution < 1.29 is 9.90 Å². The van der Waals surface area contributed by atoms with Gasteiger partial charge in [0.2, 0.25) is 0 Å². The van der Waals surface area contributed by atoms with Gasteiger partial charge in [0.1, 0.15) is 5.75 Å². The van der Waals surface area contributed by atoms with Crippen LogP contribution in [0.15, 0.2) is 12.1 Å². The van der Waals surface area contributed by atoms with Crippen LogP contribution in [0, 0.1) is 13.8 Å². The third kappa shape index (κ3) is 1.64. The summed E-state index contributed by atoms with van der Waals surface area (Å²) in [5.74, 6) is -0.194. The monoisotopic (exact) mass is 179 g/mol. The molecule has 3 heteroatoms. The highest BCUT2D eigenvalue weighted by Crippen LogP contribution is 2.24. The smallest absolute Gasteiger partial charge is 0.254 e. The number of carbonyl (C=O) groups is 1. The summed E-state index contributed by atoms with van der Waals surface area (Å²) in [4.78, 5) is 11.2. The summed E-state index contributed by atoms with van der Waals surface area (Å²) >= 11 is 0. The lowest BCUT2D eigenvalue weighted by atomic mass is 10.0. The van der Waals surface area contributed by atoms with E-state index in [1.54, 1.807) is 13.0 Å². The van der Waals surface area contributed by atoms with E-state index in [4.69, 9.17) is 0 Å². The van der Waals surface area contributed by atoms with Crippen LogP contribution < -0.4 is 5.32 Å². The number of phenols is 1. The van der Waals surface area contributed by atoms with E-state index >= 15 is 0 Å². The van der Waals surface area contributed by atoms with Crippen LogP contribution in [-0.4, -0.2) is 18.1 Å². The molecule has 2 N–H and O–H groups in total. The molecule has 0 bridgehead atoms. The summed E-state index contributed by atoms with van der Waals surface area (Å²) < 4.78 is 0. The van der Waals surface area contributed by atoms with Gasteiger partial charge in [-0.05, 0) is 31.0 Å². The Morgan fingerprint density at radius 2 is 2.00 bits per heavy atom. The van der Waals surface area contributed by atoms with Crippen molar-refractivity contribution in [3.8, 4) is 5.75 Å². The maximum Gasteiger partial charge on any atom is 0.254 e. The number of phenolic OH excluding ortho intramolecular Hbond substituents is 1. The van der Waals surface area contributed by atoms with Gasteiger partial charge in [-0.1, -0.05) is 6.07 Å². The zero-order valence-corrected chi connectivity index (χ0v) is 8.01. The highest BCUT2D eigenvalue weighted by atomic mass is 16.3. The van der Waals surface area contributed by atoms with Gasteiger partial charge in [-0.15, -0.1) is 0 Å². The fourth-order valence-electron chi connectivity index (χ4n) is 1.12. The highest BCUT2D eigenvalue weighted by Gasteiger charge is 2.11. The SMILES string of the molecule is CNC(=O)c1ccc(C)c(C)c1O. The highest BCUT2D eigenvalue weighted by molar-refractivity contribution is 5.97. The van der Waals surface area contributed by atoms with Crippen LogP contribution in [0.5, 0.6) is 5.75 Å². The number of benzene rings is 1. The molecule has 0 aliphatic rings. The van der Waals surface area contributed by atoms with Crippen LogP contribution in [-0.2, 0) is 0 Å². The van der Waals surface area contributed by atoms with Gasteiger partial charge in [0.15, 0.2) is 0 Å². The van der Waals surface area contributed by atoms with Crippen molar-refractivity contribution in [2.24, 2.45) is 0 Å². The van der Waals surface area contributed by atoms with Gasteiger partial charge in [-0.3, -0.25) is 4.79 Å². The molecule has 70 valence electrons. The van der Waals surface area contributed by atoms with Gasteiger partial charge in [0, 0.05) is 7.05 Å². The molecule has 0 aromatic heterocycles. The first-order chi connectivity index (χ1) is 6.07. The average molecular weight is 179 g/mol. The molecule has 0 fully saturated rings. The largest absolute Gasteiger partial charge is 0.507 e. The van der Waals surface area contributed by atoms with Crippen molar-refractivity contribution in [2.45, 2.75) is 13.8 Å². The lowest BCUT2D eigenvalue weighted by molar-refractivity contribution is 0.0960. The fraction of sp³-hybridized carbons (Fsp3) is 0.300. The molecule has 0 saturated heterocycles. The summed E-state index contributed by atoms with van der Waals surface area (Å²) in [6.07, 6.45) is 0. The number of nitrogens with one attached hydrogen (secondary N) is 1. The van der Waals surface area contributed by atoms with E-state index in [0.717, 1.165) is 11.1 Å². The molecule has 0 unspecified atom stereocenters. The standard InChI is InChI=1S/C10H13NO2/c1-6-4-5-8(10(13)11-3)9(12)7(6)2/h4-5,12H,1-3H3,(H,11,13). The number of rotatable bonds is 1. The van der Waals surface area contributed by atoms with Crippen molar-refractivity contribution >= 4 is 5.91 Å². The van der Waals surface area contributed by atoms with Crippen LogP contribution in [0.4, 0.5) is 0 Å². The zero-order valence-electron chi connectivity index (χ0n) is 8.01. The molecule has 1 aromatic carbocycles. The Bertz CT molecular complexity index is 345. The maximum absolute atomic E-state index is 11.2. The van der Waals surface area contributed by atoms with Gasteiger partial charge in [0.25, 0.3) is 5.91 Å². The first-order valence-corrected chi connectivity index (χ1v) is 4.09. The van der Waals surface area contributed by atoms with Crippen LogP contribution >= 0.6 is 0 Å². The van der Waals surface area contributed by atoms with E-state index in [-0.39, 0.29) is 11.7 Å². The minimum Gasteiger partial charge on any atom is -0.507 e. The predicted octanol–water partition coefficient (Wildman–Crippen LogP) is 1.37. The number of hydrogen-bond acceptors (Lipinski definition) is 2. The molecule has 0 atom stereocenters. The van der Waals surface area contributed by atoms with Gasteiger partial charge in [-0.25, -0.2) is 0 Å². The van der Waals surface area contributed by atoms with Crippen LogP contribution in [0.3, 0.4) is 0 Å². The van der Waals surface area contributed by atoms with Crippen LogP contribution in [0.25, 0.3) is 0 Å². The van der Waals surface area contributed by atoms with E-state index in [2.05, 4.69) is 5.32 Å². The van der Waals surface area contributed by atoms with E-state index in [1.165, 1.54) is 7.05 Å². The number of amides is 1. The molecule has 3 nitrogen and oxygen atoms in total. The maximum atomic E-state index is 11.2. The minimum atomic E-state index is -0.263. The summed E-state index contributed by atoms with van der Waals surface area (Å²) in [5, 5.41) is 12.1. The Balaban J connectivity index is 3.26. The van der Waals surface area contributed by atoms with Crippen molar-refractivity contribution in [2.75, 3.05) is 7.05 Å². The molecule has 1 amide bonds. The Morgan fingerprint density at radius 1 is 1.38 bits per heavy atom. The molecule has 0 saturated carbocycles. The lowest BCUT2D eigenvalue weighted by Crippen LogP contribution is -2.18. The summed E-state index contributed by atoms with van der Waals surface area (Å²) in [6.45, 7) is 3.68. The van der Waals surface area contributed by atoms with E-state index in [9.17, 15) is 9.90 Å². The van der Waals surface area contributed by atoms with E-state index in [0.29, 0.717) is 5.56 Å². The van der Waals surface area contributed by atoms with E-state index in [1.807, 2.05) is 13.0 Å². The minimum absolute atomic E-state index is 0.0688. The molecule has 0 aliphatic carbocycles. The first-order valence-electron chi connectivity index (χ1n) is 4.09. The van der Waals surface area contributed by atoms with Crippen LogP contribution in [0.2, 0.25) is 0 Å². The molecule has 0 aliphatic heterocycles. The number of hydrogen-bond donors (Lipinski definition) is 2. The zero-order chi connectivity index (χ0) is 10.0. The molecule has 1 aromatic rings. The summed E-state index contributed by atoms with van der Waals surface area (Å²) in [6, 6.07) is 3.44. The van der Waals surface area contributed by atoms with Gasteiger partial charge in [-0.2, -0.15) is 0 Å². The normalized spacial score (nSPS) is 9.77. The van der Waals surface area contributed by atoms with Crippen molar-refractivity contribution in [1.82, 2.24) is 5.32 Å². The number of carbonyl (C=O) groups excluding carboxylic acids is 1. The second kappa shape index (κ2) is 3.47. The summed E-state index contributed by atoms with van der Waals surface area (Å²) in [7, 11) is 1.54. The molecular formula is C10H13NO2. The van der Waals surface area contributed by atoms with Crippen LogP contribution in [0.1, 0.15) is 21.5 Å². The molecule has 13 heavy (non-hydrogen) atoms.